The molecular formula is C15H19N3O2S. The van der Waals surface area contributed by atoms with Crippen LogP contribution in [-0.2, 0) is 4.74 Å². The lowest BCUT2D eigenvalue weighted by atomic mass is 9.64. The highest BCUT2D eigenvalue weighted by Gasteiger charge is 2.49. The SMILES string of the molecule is COC1CC(NC(=O)c2sc3ncccc3c2N)C1(C)C. The Balaban J connectivity index is 1.81. The molecule has 1 aliphatic carbocycles. The first-order valence-electron chi connectivity index (χ1n) is 6.91. The number of ether oxygens (including phenoxy) is 1. The maximum absolute atomic E-state index is 12.5. The van der Waals surface area contributed by atoms with E-state index in [0.717, 1.165) is 16.6 Å². The van der Waals surface area contributed by atoms with E-state index in [0.29, 0.717) is 10.6 Å². The quantitative estimate of drug-likeness (QED) is 0.913. The second-order valence-electron chi connectivity index (χ2n) is 6.01. The first-order valence-corrected chi connectivity index (χ1v) is 7.73. The number of methoxy groups -OCH3 is 1. The smallest absolute Gasteiger partial charge is 0.263 e. The van der Waals surface area contributed by atoms with E-state index in [2.05, 4.69) is 24.1 Å². The Hall–Kier alpha value is -1.66. The molecule has 1 aliphatic rings. The number of anilines is 1. The number of nitrogens with zero attached hydrogens (tertiary/aromatic N) is 1. The summed E-state index contributed by atoms with van der Waals surface area (Å²) in [6.45, 7) is 4.21. The van der Waals surface area contributed by atoms with E-state index in [-0.39, 0.29) is 23.5 Å². The number of carbonyl (C=O) groups excluding carboxylic acids is 1. The van der Waals surface area contributed by atoms with Crippen molar-refractivity contribution in [1.82, 2.24) is 10.3 Å². The Morgan fingerprint density at radius 1 is 1.57 bits per heavy atom. The minimum Gasteiger partial charge on any atom is -0.397 e. The van der Waals surface area contributed by atoms with Gasteiger partial charge in [0.25, 0.3) is 5.91 Å². The largest absolute Gasteiger partial charge is 0.397 e. The van der Waals surface area contributed by atoms with Crippen molar-refractivity contribution >= 4 is 33.1 Å². The molecule has 3 N–H and O–H groups in total. The summed E-state index contributed by atoms with van der Waals surface area (Å²) >= 11 is 1.34. The van der Waals surface area contributed by atoms with Crippen molar-refractivity contribution in [3.05, 3.63) is 23.2 Å². The van der Waals surface area contributed by atoms with Crippen LogP contribution < -0.4 is 11.1 Å². The number of nitrogens with two attached hydrogens (primary N) is 1. The van der Waals surface area contributed by atoms with Gasteiger partial charge in [-0.25, -0.2) is 4.98 Å². The Morgan fingerprint density at radius 2 is 2.33 bits per heavy atom. The number of thiophene rings is 1. The summed E-state index contributed by atoms with van der Waals surface area (Å²) in [6.07, 6.45) is 2.72. The van der Waals surface area contributed by atoms with Gasteiger partial charge < -0.3 is 15.8 Å². The molecule has 0 saturated heterocycles. The van der Waals surface area contributed by atoms with Gasteiger partial charge in [-0.3, -0.25) is 4.79 Å². The van der Waals surface area contributed by atoms with Crippen molar-refractivity contribution in [3.8, 4) is 0 Å². The molecule has 2 heterocycles. The topological polar surface area (TPSA) is 77.2 Å². The summed E-state index contributed by atoms with van der Waals surface area (Å²) in [5.74, 6) is -0.122. The highest BCUT2D eigenvalue weighted by molar-refractivity contribution is 7.21. The Kier molecular flexibility index (Phi) is 3.37. The number of aromatic nitrogens is 1. The molecule has 0 bridgehead atoms. The molecule has 21 heavy (non-hydrogen) atoms. The third kappa shape index (κ3) is 2.18. The molecule has 6 heteroatoms. The Labute approximate surface area is 127 Å². The first-order chi connectivity index (χ1) is 9.95. The number of nitrogens with one attached hydrogen (secondary N) is 1. The van der Waals surface area contributed by atoms with E-state index in [9.17, 15) is 4.79 Å². The van der Waals surface area contributed by atoms with Crippen LogP contribution in [0.25, 0.3) is 10.2 Å². The van der Waals surface area contributed by atoms with Gasteiger partial charge in [-0.2, -0.15) is 0 Å². The molecule has 2 aromatic rings. The maximum Gasteiger partial charge on any atom is 0.263 e. The fraction of sp³-hybridized carbons (Fsp3) is 0.467. The first kappa shape index (κ1) is 14.3. The standard InChI is InChI=1S/C15H19N3O2S/c1-15(2)9(7-10(15)20-3)18-13(19)12-11(16)8-5-4-6-17-14(8)21-12/h4-6,9-10H,7,16H2,1-3H3,(H,18,19). The molecule has 2 atom stereocenters. The summed E-state index contributed by atoms with van der Waals surface area (Å²) < 4.78 is 5.41. The summed E-state index contributed by atoms with van der Waals surface area (Å²) in [7, 11) is 1.71. The molecule has 0 spiro atoms. The molecule has 112 valence electrons. The number of rotatable bonds is 3. The van der Waals surface area contributed by atoms with Crippen molar-refractivity contribution < 1.29 is 9.53 Å². The zero-order chi connectivity index (χ0) is 15.2. The lowest BCUT2D eigenvalue weighted by Crippen LogP contribution is -2.61. The number of nitrogen functional groups attached to an aromatic ring is 1. The van der Waals surface area contributed by atoms with Crippen molar-refractivity contribution in [2.24, 2.45) is 5.41 Å². The van der Waals surface area contributed by atoms with E-state index in [1.807, 2.05) is 12.1 Å². The summed E-state index contributed by atoms with van der Waals surface area (Å²) in [4.78, 5) is 18.1. The van der Waals surface area contributed by atoms with Gasteiger partial charge in [0.05, 0.1) is 11.8 Å². The average Bonchev–Trinajstić information content (AvgIpc) is 2.80. The Morgan fingerprint density at radius 3 is 2.95 bits per heavy atom. The number of amides is 1. The van der Waals surface area contributed by atoms with Gasteiger partial charge in [0.15, 0.2) is 0 Å². The van der Waals surface area contributed by atoms with E-state index in [4.69, 9.17) is 10.5 Å². The monoisotopic (exact) mass is 305 g/mol. The van der Waals surface area contributed by atoms with E-state index >= 15 is 0 Å². The minimum atomic E-state index is -0.122. The minimum absolute atomic E-state index is 0.0614. The van der Waals surface area contributed by atoms with Crippen molar-refractivity contribution in [2.45, 2.75) is 32.4 Å². The van der Waals surface area contributed by atoms with Gasteiger partial charge in [0.1, 0.15) is 9.71 Å². The van der Waals surface area contributed by atoms with E-state index in [1.54, 1.807) is 13.3 Å². The van der Waals surface area contributed by atoms with Crippen molar-refractivity contribution in [2.75, 3.05) is 12.8 Å². The molecule has 2 aromatic heterocycles. The second-order valence-corrected chi connectivity index (χ2v) is 7.01. The van der Waals surface area contributed by atoms with Crippen LogP contribution in [0.5, 0.6) is 0 Å². The van der Waals surface area contributed by atoms with Crippen LogP contribution in [-0.4, -0.2) is 30.1 Å². The molecule has 3 rings (SSSR count). The third-order valence-electron chi connectivity index (χ3n) is 4.48. The number of carbonyl (C=O) groups is 1. The predicted octanol–water partition coefficient (Wildman–Crippen LogP) is 2.42. The zero-order valence-electron chi connectivity index (χ0n) is 12.3. The van der Waals surface area contributed by atoms with Crippen LogP contribution in [0.3, 0.4) is 0 Å². The highest BCUT2D eigenvalue weighted by atomic mass is 32.1. The fourth-order valence-electron chi connectivity index (χ4n) is 2.87. The van der Waals surface area contributed by atoms with E-state index < -0.39 is 0 Å². The molecule has 1 saturated carbocycles. The lowest BCUT2D eigenvalue weighted by Gasteiger charge is -2.51. The van der Waals surface area contributed by atoms with Gasteiger partial charge in [0.2, 0.25) is 0 Å². The fourth-order valence-corrected chi connectivity index (χ4v) is 3.84. The average molecular weight is 305 g/mol. The van der Waals surface area contributed by atoms with Gasteiger partial charge in [-0.15, -0.1) is 11.3 Å². The molecule has 5 nitrogen and oxygen atoms in total. The van der Waals surface area contributed by atoms with Crippen molar-refractivity contribution in [1.29, 1.82) is 0 Å². The molecule has 1 fully saturated rings. The summed E-state index contributed by atoms with van der Waals surface area (Å²) in [5, 5.41) is 3.92. The highest BCUT2D eigenvalue weighted by Crippen LogP contribution is 2.43. The van der Waals surface area contributed by atoms with Gasteiger partial charge in [-0.05, 0) is 18.6 Å². The van der Waals surface area contributed by atoms with E-state index in [1.165, 1.54) is 11.3 Å². The van der Waals surface area contributed by atoms with Crippen LogP contribution in [0, 0.1) is 5.41 Å². The molecule has 0 aliphatic heterocycles. The number of pyridine rings is 1. The lowest BCUT2D eigenvalue weighted by molar-refractivity contribution is -0.0942. The molecule has 0 radical (unpaired) electrons. The maximum atomic E-state index is 12.5. The molecular weight excluding hydrogens is 286 g/mol. The summed E-state index contributed by atoms with van der Waals surface area (Å²) in [6, 6.07) is 3.82. The number of fused-ring (bicyclic) bond motifs is 1. The molecule has 2 unspecified atom stereocenters. The number of hydrogen-bond donors (Lipinski definition) is 2. The zero-order valence-corrected chi connectivity index (χ0v) is 13.2. The summed E-state index contributed by atoms with van der Waals surface area (Å²) in [5.41, 5.74) is 6.53. The van der Waals surface area contributed by atoms with Gasteiger partial charge >= 0.3 is 0 Å². The van der Waals surface area contributed by atoms with Crippen molar-refractivity contribution in [3.63, 3.8) is 0 Å². The molecule has 1 amide bonds. The predicted molar refractivity (Wildman–Crippen MR) is 84.5 cm³/mol. The second kappa shape index (κ2) is 4.96. The van der Waals surface area contributed by atoms with Gasteiger partial charge in [-0.1, -0.05) is 13.8 Å². The van der Waals surface area contributed by atoms with Gasteiger partial charge in [0, 0.05) is 30.1 Å². The normalized spacial score (nSPS) is 23.8. The Bertz CT molecular complexity index is 695. The van der Waals surface area contributed by atoms with Crippen LogP contribution in [0.1, 0.15) is 29.9 Å². The van der Waals surface area contributed by atoms with Crippen LogP contribution in [0.4, 0.5) is 5.69 Å². The molecule has 0 aromatic carbocycles. The number of hydrogen-bond acceptors (Lipinski definition) is 5. The van der Waals surface area contributed by atoms with Crippen LogP contribution in [0.2, 0.25) is 0 Å². The van der Waals surface area contributed by atoms with Crippen LogP contribution >= 0.6 is 11.3 Å². The van der Waals surface area contributed by atoms with Crippen LogP contribution in [0.15, 0.2) is 18.3 Å². The third-order valence-corrected chi connectivity index (χ3v) is 5.61.